The van der Waals surface area contributed by atoms with Crippen molar-refractivity contribution in [1.82, 2.24) is 19.6 Å². The van der Waals surface area contributed by atoms with Gasteiger partial charge in [-0.2, -0.15) is 0 Å². The highest BCUT2D eigenvalue weighted by atomic mass is 35.5. The molecule has 0 saturated carbocycles. The lowest BCUT2D eigenvalue weighted by Crippen LogP contribution is -2.13. The zero-order valence-electron chi connectivity index (χ0n) is 15.8. The minimum absolute atomic E-state index is 0.699. The third kappa shape index (κ3) is 3.41. The molecule has 0 amide bonds. The van der Waals surface area contributed by atoms with E-state index in [9.17, 15) is 0 Å². The van der Waals surface area contributed by atoms with Crippen LogP contribution in [0.2, 0.25) is 5.02 Å². The molecule has 6 heteroatoms. The Morgan fingerprint density at radius 2 is 1.90 bits per heavy atom. The molecule has 142 valence electrons. The summed E-state index contributed by atoms with van der Waals surface area (Å²) >= 11 is 6.14. The largest absolute Gasteiger partial charge is 0.328 e. The average molecular weight is 400 g/mol. The number of hydrogen-bond acceptors (Lipinski definition) is 4. The van der Waals surface area contributed by atoms with Gasteiger partial charge in [0.05, 0.1) is 17.4 Å². The van der Waals surface area contributed by atoms with Gasteiger partial charge in [0, 0.05) is 35.8 Å². The maximum absolute atomic E-state index is 6.14. The quantitative estimate of drug-likeness (QED) is 0.412. The van der Waals surface area contributed by atoms with Crippen LogP contribution in [-0.4, -0.2) is 26.6 Å². The second kappa shape index (κ2) is 7.18. The molecular weight excluding hydrogens is 382 g/mol. The van der Waals surface area contributed by atoms with E-state index in [-0.39, 0.29) is 0 Å². The van der Waals surface area contributed by atoms with Crippen molar-refractivity contribution in [3.05, 3.63) is 95.4 Å². The lowest BCUT2D eigenvalue weighted by atomic mass is 10.1. The van der Waals surface area contributed by atoms with Gasteiger partial charge in [-0.1, -0.05) is 29.8 Å². The number of benzene rings is 2. The van der Waals surface area contributed by atoms with Crippen molar-refractivity contribution >= 4 is 39.7 Å². The van der Waals surface area contributed by atoms with Crippen LogP contribution in [0.4, 0.5) is 11.5 Å². The molecule has 2 aromatic carbocycles. The van der Waals surface area contributed by atoms with Crippen molar-refractivity contribution in [1.29, 1.82) is 0 Å². The fourth-order valence-electron chi connectivity index (χ4n) is 3.47. The summed E-state index contributed by atoms with van der Waals surface area (Å²) in [6, 6.07) is 22.1. The van der Waals surface area contributed by atoms with E-state index in [1.807, 2.05) is 71.3 Å². The maximum atomic E-state index is 6.14. The molecule has 0 unspecified atom stereocenters. The molecule has 29 heavy (non-hydrogen) atoms. The summed E-state index contributed by atoms with van der Waals surface area (Å²) in [7, 11) is 1.98. The highest BCUT2D eigenvalue weighted by Gasteiger charge is 2.11. The van der Waals surface area contributed by atoms with E-state index in [0.717, 1.165) is 40.2 Å². The fraction of sp³-hybridized carbons (Fsp3) is 0.0870. The number of imidazole rings is 1. The number of aromatic nitrogens is 4. The summed E-state index contributed by atoms with van der Waals surface area (Å²) in [5.41, 5.74) is 5.03. The number of hydrogen-bond donors (Lipinski definition) is 0. The normalized spacial score (nSPS) is 11.2. The highest BCUT2D eigenvalue weighted by Crippen LogP contribution is 2.25. The predicted molar refractivity (Wildman–Crippen MR) is 117 cm³/mol. The summed E-state index contributed by atoms with van der Waals surface area (Å²) in [6.07, 6.45) is 4.44. The van der Waals surface area contributed by atoms with Crippen LogP contribution in [0.5, 0.6) is 0 Å². The van der Waals surface area contributed by atoms with Crippen LogP contribution in [0.15, 0.2) is 79.1 Å². The van der Waals surface area contributed by atoms with Crippen LogP contribution in [0.25, 0.3) is 16.6 Å². The van der Waals surface area contributed by atoms with Crippen molar-refractivity contribution in [3.8, 4) is 0 Å². The Labute approximate surface area is 173 Å². The third-order valence-corrected chi connectivity index (χ3v) is 5.25. The van der Waals surface area contributed by atoms with Gasteiger partial charge in [0.15, 0.2) is 11.5 Å². The van der Waals surface area contributed by atoms with Gasteiger partial charge in [-0.3, -0.25) is 4.98 Å². The maximum Gasteiger partial charge on any atom is 0.153 e. The van der Waals surface area contributed by atoms with E-state index in [1.54, 1.807) is 0 Å². The number of pyridine rings is 1. The number of halogens is 1. The molecule has 0 aliphatic carbocycles. The molecule has 0 spiro atoms. The van der Waals surface area contributed by atoms with Gasteiger partial charge in [-0.25, -0.2) is 9.50 Å². The Bertz CT molecular complexity index is 1330. The van der Waals surface area contributed by atoms with Crippen LogP contribution in [-0.2, 0) is 6.42 Å². The standard InChI is InChI=1S/C23H18ClN5/c1-28(19-6-2-5-18(24)14-19)23-10-9-22-26-15-20(29(22)27-23)13-16-7-8-21-17(12-16)4-3-11-25-21/h2-12,14-15H,13H2,1H3. The second-order valence-corrected chi connectivity index (χ2v) is 7.39. The number of fused-ring (bicyclic) bond motifs is 2. The summed E-state index contributed by atoms with van der Waals surface area (Å²) < 4.78 is 1.91. The molecule has 5 nitrogen and oxygen atoms in total. The van der Waals surface area contributed by atoms with Crippen molar-refractivity contribution in [2.45, 2.75) is 6.42 Å². The lowest BCUT2D eigenvalue weighted by molar-refractivity contribution is 0.860. The second-order valence-electron chi connectivity index (χ2n) is 6.96. The molecule has 0 aliphatic rings. The van der Waals surface area contributed by atoms with Gasteiger partial charge >= 0.3 is 0 Å². The molecule has 0 N–H and O–H groups in total. The summed E-state index contributed by atoms with van der Waals surface area (Å²) in [5, 5.41) is 6.66. The molecule has 5 aromatic rings. The van der Waals surface area contributed by atoms with Gasteiger partial charge in [-0.05, 0) is 54.1 Å². The van der Waals surface area contributed by atoms with Crippen LogP contribution in [0, 0.1) is 0 Å². The Balaban J connectivity index is 1.50. The number of nitrogens with zero attached hydrogens (tertiary/aromatic N) is 5. The molecule has 0 bridgehead atoms. The highest BCUT2D eigenvalue weighted by molar-refractivity contribution is 6.30. The summed E-state index contributed by atoms with van der Waals surface area (Å²) in [5.74, 6) is 0.821. The van der Waals surface area contributed by atoms with E-state index in [4.69, 9.17) is 16.7 Å². The third-order valence-electron chi connectivity index (χ3n) is 5.01. The van der Waals surface area contributed by atoms with Crippen LogP contribution < -0.4 is 4.90 Å². The monoisotopic (exact) mass is 399 g/mol. The van der Waals surface area contributed by atoms with Crippen molar-refractivity contribution < 1.29 is 0 Å². The topological polar surface area (TPSA) is 46.3 Å². The smallest absolute Gasteiger partial charge is 0.153 e. The number of rotatable bonds is 4. The zero-order chi connectivity index (χ0) is 19.8. The lowest BCUT2D eigenvalue weighted by Gasteiger charge is -2.18. The zero-order valence-corrected chi connectivity index (χ0v) is 16.6. The minimum Gasteiger partial charge on any atom is -0.328 e. The summed E-state index contributed by atoms with van der Waals surface area (Å²) in [4.78, 5) is 10.9. The molecule has 3 heterocycles. The van der Waals surface area contributed by atoms with E-state index in [0.29, 0.717) is 5.02 Å². The minimum atomic E-state index is 0.699. The molecule has 0 saturated heterocycles. The Morgan fingerprint density at radius 1 is 0.966 bits per heavy atom. The molecule has 5 rings (SSSR count). The molecule has 0 atom stereocenters. The van der Waals surface area contributed by atoms with E-state index >= 15 is 0 Å². The molecule has 0 aliphatic heterocycles. The van der Waals surface area contributed by atoms with Gasteiger partial charge in [-0.15, -0.1) is 5.10 Å². The number of anilines is 2. The van der Waals surface area contributed by atoms with Gasteiger partial charge < -0.3 is 4.90 Å². The van der Waals surface area contributed by atoms with Crippen molar-refractivity contribution in [2.24, 2.45) is 0 Å². The summed E-state index contributed by atoms with van der Waals surface area (Å²) in [6.45, 7) is 0. The molecule has 3 aromatic heterocycles. The van der Waals surface area contributed by atoms with Gasteiger partial charge in [0.25, 0.3) is 0 Å². The Morgan fingerprint density at radius 3 is 2.79 bits per heavy atom. The van der Waals surface area contributed by atoms with Gasteiger partial charge in [0.2, 0.25) is 0 Å². The molecule has 0 fully saturated rings. The predicted octanol–water partition coefficient (Wildman–Crippen LogP) is 5.29. The molecule has 0 radical (unpaired) electrons. The first-order valence-corrected chi connectivity index (χ1v) is 9.72. The van der Waals surface area contributed by atoms with E-state index in [1.165, 1.54) is 5.56 Å². The van der Waals surface area contributed by atoms with E-state index in [2.05, 4.69) is 34.2 Å². The Kier molecular flexibility index (Phi) is 4.37. The SMILES string of the molecule is CN(c1cccc(Cl)c1)c1ccc2ncc(Cc3ccc4ncccc4c3)n2n1. The van der Waals surface area contributed by atoms with Crippen LogP contribution >= 0.6 is 11.6 Å². The first-order chi connectivity index (χ1) is 14.2. The Hall–Kier alpha value is -3.44. The van der Waals surface area contributed by atoms with Crippen LogP contribution in [0.1, 0.15) is 11.3 Å². The average Bonchev–Trinajstić information content (AvgIpc) is 3.15. The van der Waals surface area contributed by atoms with Crippen molar-refractivity contribution in [3.63, 3.8) is 0 Å². The molecular formula is C23H18ClN5. The fourth-order valence-corrected chi connectivity index (χ4v) is 3.66. The van der Waals surface area contributed by atoms with E-state index < -0.39 is 0 Å². The van der Waals surface area contributed by atoms with Crippen molar-refractivity contribution in [2.75, 3.05) is 11.9 Å². The first kappa shape index (κ1) is 17.6. The van der Waals surface area contributed by atoms with Crippen LogP contribution in [0.3, 0.4) is 0 Å². The first-order valence-electron chi connectivity index (χ1n) is 9.34. The van der Waals surface area contributed by atoms with Gasteiger partial charge in [0.1, 0.15) is 0 Å².